The molecule has 2 aromatic carbocycles. The zero-order valence-electron chi connectivity index (χ0n) is 27.1. The average Bonchev–Trinajstić information content (AvgIpc) is 3.64. The Bertz CT molecular complexity index is 1830. The molecule has 0 saturated carbocycles. The van der Waals surface area contributed by atoms with Gasteiger partial charge in [-0.15, -0.1) is 10.2 Å². The molecule has 4 aromatic rings. The van der Waals surface area contributed by atoms with E-state index in [0.29, 0.717) is 30.1 Å². The van der Waals surface area contributed by atoms with Crippen molar-refractivity contribution in [1.82, 2.24) is 30.1 Å². The first-order valence-electron chi connectivity index (χ1n) is 16.0. The number of ether oxygens (including phenoxy) is 1. The highest BCUT2D eigenvalue weighted by molar-refractivity contribution is 6.32. The number of nitrogens with one attached hydrogen (secondary N) is 3. The van der Waals surface area contributed by atoms with Gasteiger partial charge in [0.15, 0.2) is 11.5 Å². The molecule has 2 aromatic heterocycles. The lowest BCUT2D eigenvalue weighted by atomic mass is 9.85. The molecule has 3 unspecified atom stereocenters. The number of hydrogen-bond donors (Lipinski definition) is 4. The second-order valence-corrected chi connectivity index (χ2v) is 13.8. The summed E-state index contributed by atoms with van der Waals surface area (Å²) in [7, 11) is 2.12. The average molecular weight is 657 g/mol. The normalized spacial score (nSPS) is 20.2. The molecule has 47 heavy (non-hydrogen) atoms. The van der Waals surface area contributed by atoms with Crippen molar-refractivity contribution in [3.63, 3.8) is 0 Å². The number of nitrogens with zero attached hydrogens (tertiary/aromatic N) is 5. The van der Waals surface area contributed by atoms with Crippen molar-refractivity contribution < 1.29 is 14.6 Å². The second kappa shape index (κ2) is 13.3. The number of phenolic OH excluding ortho intramolecular Hbond substituents is 1. The summed E-state index contributed by atoms with van der Waals surface area (Å²) in [5, 5.41) is 33.7. The third-order valence-electron chi connectivity index (χ3n) is 8.94. The van der Waals surface area contributed by atoms with Gasteiger partial charge in [0.2, 0.25) is 0 Å². The van der Waals surface area contributed by atoms with E-state index in [1.807, 2.05) is 67.8 Å². The van der Waals surface area contributed by atoms with Crippen molar-refractivity contribution >= 4 is 40.5 Å². The Morgan fingerprint density at radius 3 is 2.62 bits per heavy atom. The minimum Gasteiger partial charge on any atom is -0.506 e. The number of amidine groups is 1. The SMILES string of the molecule is CN1CCCC1c1nnc2ccc(OC3CCC(NC(=O)NC(CC(=N)C(C)(C)C)=Nc4ccc(Cl)c(O)c4)c4ccccc43)cn12. The van der Waals surface area contributed by atoms with Crippen molar-refractivity contribution in [2.24, 2.45) is 10.4 Å². The van der Waals surface area contributed by atoms with Gasteiger partial charge in [-0.2, -0.15) is 0 Å². The standard InChI is InChI=1S/C35H41ClN8O3/c1-35(2,3)30(37)19-31(38-21-11-13-25(36)28(45)18-21)40-34(46)39-26-14-15-29(24-9-6-5-8-23(24)26)47-22-12-16-32-41-42-33(44(32)20-22)27-10-7-17-43(27)4/h5-6,8-9,11-13,16,18,20,26-27,29,37,45H,7,10,14-15,17,19H2,1-4H3,(H2,38,39,40,46). The topological polar surface area (TPSA) is 140 Å². The lowest BCUT2D eigenvalue weighted by Crippen LogP contribution is -2.43. The Balaban J connectivity index is 1.18. The summed E-state index contributed by atoms with van der Waals surface area (Å²) >= 11 is 5.98. The minimum absolute atomic E-state index is 0.110. The van der Waals surface area contributed by atoms with E-state index in [0.717, 1.165) is 47.7 Å². The van der Waals surface area contributed by atoms with Gasteiger partial charge < -0.3 is 20.6 Å². The van der Waals surface area contributed by atoms with E-state index in [4.69, 9.17) is 21.7 Å². The lowest BCUT2D eigenvalue weighted by Gasteiger charge is -2.32. The van der Waals surface area contributed by atoms with Crippen LogP contribution < -0.4 is 15.4 Å². The number of phenols is 1. The molecule has 2 aliphatic rings. The van der Waals surface area contributed by atoms with Gasteiger partial charge in [0.05, 0.1) is 29.0 Å². The lowest BCUT2D eigenvalue weighted by molar-refractivity contribution is 0.171. The first-order valence-corrected chi connectivity index (χ1v) is 16.4. The van der Waals surface area contributed by atoms with E-state index < -0.39 is 11.4 Å². The number of fused-ring (bicyclic) bond motifs is 2. The van der Waals surface area contributed by atoms with E-state index in [-0.39, 0.29) is 35.4 Å². The van der Waals surface area contributed by atoms with Crippen LogP contribution in [0.2, 0.25) is 5.02 Å². The highest BCUT2D eigenvalue weighted by Gasteiger charge is 2.31. The number of benzene rings is 2. The van der Waals surface area contributed by atoms with Gasteiger partial charge in [0.25, 0.3) is 0 Å². The molecule has 246 valence electrons. The Morgan fingerprint density at radius 2 is 1.89 bits per heavy atom. The van der Waals surface area contributed by atoms with Gasteiger partial charge in [-0.05, 0) is 80.1 Å². The van der Waals surface area contributed by atoms with Crippen LogP contribution in [0.3, 0.4) is 0 Å². The van der Waals surface area contributed by atoms with Gasteiger partial charge in [-0.3, -0.25) is 14.6 Å². The van der Waals surface area contributed by atoms with Gasteiger partial charge in [0, 0.05) is 18.2 Å². The van der Waals surface area contributed by atoms with Crippen LogP contribution in [-0.4, -0.2) is 55.8 Å². The maximum atomic E-state index is 13.4. The predicted molar refractivity (Wildman–Crippen MR) is 183 cm³/mol. The number of carbonyl (C=O) groups is 1. The molecule has 11 nitrogen and oxygen atoms in total. The number of aromatic nitrogens is 3. The zero-order valence-corrected chi connectivity index (χ0v) is 27.9. The molecular weight excluding hydrogens is 616 g/mol. The van der Waals surface area contributed by atoms with E-state index >= 15 is 0 Å². The number of pyridine rings is 1. The summed E-state index contributed by atoms with van der Waals surface area (Å²) in [6.07, 6.45) is 5.47. The fourth-order valence-electron chi connectivity index (χ4n) is 6.21. The maximum absolute atomic E-state index is 13.4. The van der Waals surface area contributed by atoms with Gasteiger partial charge in [-0.1, -0.05) is 56.6 Å². The quantitative estimate of drug-likeness (QED) is 0.122. The maximum Gasteiger partial charge on any atom is 0.320 e. The van der Waals surface area contributed by atoms with Crippen LogP contribution in [0.25, 0.3) is 5.65 Å². The second-order valence-electron chi connectivity index (χ2n) is 13.4. The molecule has 1 saturated heterocycles. The predicted octanol–water partition coefficient (Wildman–Crippen LogP) is 7.30. The van der Waals surface area contributed by atoms with Crippen molar-refractivity contribution in [1.29, 1.82) is 5.41 Å². The Kier molecular flexibility index (Phi) is 9.20. The summed E-state index contributed by atoms with van der Waals surface area (Å²) in [4.78, 5) is 20.3. The fraction of sp³-hybridized carbons (Fsp3) is 0.400. The van der Waals surface area contributed by atoms with Crippen molar-refractivity contribution in [3.8, 4) is 11.5 Å². The highest BCUT2D eigenvalue weighted by Crippen LogP contribution is 2.39. The molecule has 1 aliphatic heterocycles. The largest absolute Gasteiger partial charge is 0.506 e. The number of carbonyl (C=O) groups excluding carboxylic acids is 1. The first-order chi connectivity index (χ1) is 22.5. The highest BCUT2D eigenvalue weighted by atomic mass is 35.5. The number of aliphatic imine (C=N–C) groups is 1. The molecule has 3 atom stereocenters. The van der Waals surface area contributed by atoms with Crippen LogP contribution in [0.4, 0.5) is 10.5 Å². The minimum atomic E-state index is -0.426. The van der Waals surface area contributed by atoms with E-state index in [2.05, 4.69) is 37.8 Å². The monoisotopic (exact) mass is 656 g/mol. The van der Waals surface area contributed by atoms with E-state index in [1.165, 1.54) is 12.1 Å². The molecule has 0 spiro atoms. The number of hydrogen-bond acceptors (Lipinski definition) is 8. The molecule has 0 radical (unpaired) electrons. The molecule has 0 bridgehead atoms. The van der Waals surface area contributed by atoms with Crippen LogP contribution in [0.1, 0.15) is 88.0 Å². The number of likely N-dealkylation sites (tertiary alicyclic amines) is 1. The smallest absolute Gasteiger partial charge is 0.320 e. The molecule has 2 amide bonds. The number of urea groups is 1. The van der Waals surface area contributed by atoms with Crippen molar-refractivity contribution in [2.75, 3.05) is 13.6 Å². The number of amides is 2. The van der Waals surface area contributed by atoms with Crippen molar-refractivity contribution in [2.45, 2.75) is 71.1 Å². The third-order valence-corrected chi connectivity index (χ3v) is 9.26. The molecule has 1 fully saturated rings. The summed E-state index contributed by atoms with van der Waals surface area (Å²) in [5.41, 5.74) is 3.21. The summed E-state index contributed by atoms with van der Waals surface area (Å²) in [5.74, 6) is 1.85. The summed E-state index contributed by atoms with van der Waals surface area (Å²) < 4.78 is 8.63. The molecule has 12 heteroatoms. The Hall–Kier alpha value is -4.48. The van der Waals surface area contributed by atoms with Crippen LogP contribution in [-0.2, 0) is 0 Å². The summed E-state index contributed by atoms with van der Waals surface area (Å²) in [6, 6.07) is 16.1. The zero-order chi connectivity index (χ0) is 33.3. The fourth-order valence-corrected chi connectivity index (χ4v) is 6.32. The van der Waals surface area contributed by atoms with Crippen LogP contribution in [0.15, 0.2) is 65.8 Å². The Morgan fingerprint density at radius 1 is 1.11 bits per heavy atom. The van der Waals surface area contributed by atoms with Gasteiger partial charge >= 0.3 is 6.03 Å². The number of halogens is 1. The molecule has 4 N–H and O–H groups in total. The molecule has 6 rings (SSSR count). The van der Waals surface area contributed by atoms with Crippen molar-refractivity contribution in [3.05, 3.63) is 82.8 Å². The van der Waals surface area contributed by atoms with E-state index in [9.17, 15) is 9.90 Å². The van der Waals surface area contributed by atoms with Crippen LogP contribution in [0, 0.1) is 10.8 Å². The van der Waals surface area contributed by atoms with Gasteiger partial charge in [0.1, 0.15) is 23.4 Å². The molecule has 1 aliphatic carbocycles. The molecule has 3 heterocycles. The van der Waals surface area contributed by atoms with Gasteiger partial charge in [-0.25, -0.2) is 9.79 Å². The first kappa shape index (κ1) is 32.5. The Labute approximate surface area is 279 Å². The third kappa shape index (κ3) is 7.26. The van der Waals surface area contributed by atoms with Crippen LogP contribution >= 0.6 is 11.6 Å². The number of aromatic hydroxyl groups is 1. The number of rotatable bonds is 7. The van der Waals surface area contributed by atoms with E-state index in [1.54, 1.807) is 6.07 Å². The summed E-state index contributed by atoms with van der Waals surface area (Å²) in [6.45, 7) is 6.87. The molecular formula is C35H41ClN8O3. The van der Waals surface area contributed by atoms with Crippen LogP contribution in [0.5, 0.6) is 11.5 Å².